The van der Waals surface area contributed by atoms with E-state index >= 15 is 0 Å². The highest BCUT2D eigenvalue weighted by molar-refractivity contribution is 7.92. The van der Waals surface area contributed by atoms with E-state index in [4.69, 9.17) is 39.5 Å². The van der Waals surface area contributed by atoms with Crippen molar-refractivity contribution in [2.45, 2.75) is 45.7 Å². The molecule has 1 N–H and O–H groups in total. The summed E-state index contributed by atoms with van der Waals surface area (Å²) < 4.78 is 31.3. The molecule has 0 saturated carbocycles. The summed E-state index contributed by atoms with van der Waals surface area (Å²) >= 11 is 18.6. The molecule has 2 amide bonds. The first-order valence-electron chi connectivity index (χ1n) is 11.7. The predicted molar refractivity (Wildman–Crippen MR) is 149 cm³/mol. The molecule has 0 aromatic heterocycles. The summed E-state index contributed by atoms with van der Waals surface area (Å²) in [5.41, 5.74) is 1.01. The molecule has 0 bridgehead atoms. The van der Waals surface area contributed by atoms with E-state index in [1.165, 1.54) is 22.4 Å². The van der Waals surface area contributed by atoms with Gasteiger partial charge in [0.05, 0.1) is 24.1 Å². The smallest absolute Gasteiger partial charge is 0.242 e. The molecule has 0 fully saturated rings. The van der Waals surface area contributed by atoms with Crippen molar-refractivity contribution in [3.05, 3.63) is 57.0 Å². The van der Waals surface area contributed by atoms with Gasteiger partial charge in [0.2, 0.25) is 21.8 Å². The molecule has 37 heavy (non-hydrogen) atoms. The van der Waals surface area contributed by atoms with Crippen molar-refractivity contribution in [2.75, 3.05) is 30.8 Å². The van der Waals surface area contributed by atoms with Crippen molar-refractivity contribution in [2.24, 2.45) is 0 Å². The maximum atomic E-state index is 13.4. The molecule has 0 aliphatic rings. The van der Waals surface area contributed by atoms with E-state index < -0.39 is 16.1 Å². The number of halogens is 3. The van der Waals surface area contributed by atoms with E-state index in [1.54, 1.807) is 37.3 Å². The zero-order valence-electron chi connectivity index (χ0n) is 21.3. The van der Waals surface area contributed by atoms with E-state index in [0.717, 1.165) is 6.26 Å². The number of hydrogen-bond donors (Lipinski definition) is 1. The lowest BCUT2D eigenvalue weighted by atomic mass is 10.1. The summed E-state index contributed by atoms with van der Waals surface area (Å²) in [6.07, 6.45) is 1.70. The molecule has 0 aliphatic carbocycles. The number of carbonyl (C=O) groups is 2. The summed E-state index contributed by atoms with van der Waals surface area (Å²) in [6, 6.07) is 8.92. The summed E-state index contributed by atoms with van der Waals surface area (Å²) in [5, 5.41) is 3.89. The Morgan fingerprint density at radius 1 is 1.05 bits per heavy atom. The van der Waals surface area contributed by atoms with Crippen LogP contribution < -0.4 is 14.4 Å². The molecule has 0 unspecified atom stereocenters. The topological polar surface area (TPSA) is 96.0 Å². The van der Waals surface area contributed by atoms with Crippen LogP contribution in [0.15, 0.2) is 36.4 Å². The number of benzene rings is 2. The van der Waals surface area contributed by atoms with Crippen LogP contribution in [0.5, 0.6) is 5.75 Å². The lowest BCUT2D eigenvalue weighted by molar-refractivity contribution is -0.141. The Morgan fingerprint density at radius 3 is 2.30 bits per heavy atom. The van der Waals surface area contributed by atoms with Crippen LogP contribution in [0.4, 0.5) is 5.69 Å². The standard InChI is InChI=1S/C25H32Cl3N3O5S/c1-5-22(25(33)29-6-2)30(16-17-9-10-18(26)14-20(17)27)24(32)8-7-13-31(37(4,34)35)19-11-12-23(36-3)21(28)15-19/h9-12,14-15,22H,5-8,13,16H2,1-4H3,(H,29,33)/t22-/m0/s1. The van der Waals surface area contributed by atoms with Gasteiger partial charge in [-0.1, -0.05) is 47.8 Å². The van der Waals surface area contributed by atoms with Crippen LogP contribution in [0.25, 0.3) is 0 Å². The Bertz CT molecular complexity index is 1210. The lowest BCUT2D eigenvalue weighted by Gasteiger charge is -2.31. The van der Waals surface area contributed by atoms with Gasteiger partial charge < -0.3 is 15.0 Å². The molecule has 204 valence electrons. The number of methoxy groups -OCH3 is 1. The maximum absolute atomic E-state index is 13.4. The highest BCUT2D eigenvalue weighted by Gasteiger charge is 2.29. The van der Waals surface area contributed by atoms with E-state index in [1.807, 2.05) is 6.92 Å². The third kappa shape index (κ3) is 8.67. The number of amides is 2. The van der Waals surface area contributed by atoms with Gasteiger partial charge in [-0.15, -0.1) is 0 Å². The van der Waals surface area contributed by atoms with Crippen molar-refractivity contribution in [3.8, 4) is 5.75 Å². The molecular formula is C25H32Cl3N3O5S. The minimum Gasteiger partial charge on any atom is -0.495 e. The number of sulfonamides is 1. The first-order valence-corrected chi connectivity index (χ1v) is 14.7. The molecule has 2 aromatic carbocycles. The molecule has 0 spiro atoms. The Hall–Kier alpha value is -2.20. The molecule has 0 saturated heterocycles. The van der Waals surface area contributed by atoms with Gasteiger partial charge in [-0.25, -0.2) is 8.42 Å². The van der Waals surface area contributed by atoms with Gasteiger partial charge >= 0.3 is 0 Å². The zero-order valence-corrected chi connectivity index (χ0v) is 24.3. The fourth-order valence-corrected chi connectivity index (χ4v) is 5.54. The van der Waals surface area contributed by atoms with E-state index in [9.17, 15) is 18.0 Å². The van der Waals surface area contributed by atoms with E-state index in [-0.39, 0.29) is 42.8 Å². The van der Waals surface area contributed by atoms with E-state index in [2.05, 4.69) is 5.32 Å². The summed E-state index contributed by atoms with van der Waals surface area (Å²) in [5.74, 6) is -0.152. The lowest BCUT2D eigenvalue weighted by Crippen LogP contribution is -2.49. The summed E-state index contributed by atoms with van der Waals surface area (Å²) in [6.45, 7) is 4.20. The number of ether oxygens (including phenoxy) is 1. The van der Waals surface area contributed by atoms with Crippen molar-refractivity contribution >= 4 is 62.3 Å². The van der Waals surface area contributed by atoms with Gasteiger partial charge in [0, 0.05) is 36.1 Å². The molecular weight excluding hydrogens is 561 g/mol. The first-order chi connectivity index (χ1) is 17.4. The Balaban J connectivity index is 2.25. The second-order valence-electron chi connectivity index (χ2n) is 8.33. The van der Waals surface area contributed by atoms with E-state index in [0.29, 0.717) is 40.0 Å². The number of likely N-dealkylation sites (N-methyl/N-ethyl adjacent to an activating group) is 1. The minimum atomic E-state index is -3.66. The number of anilines is 1. The zero-order chi connectivity index (χ0) is 27.8. The van der Waals surface area contributed by atoms with Crippen LogP contribution in [0, 0.1) is 0 Å². The van der Waals surface area contributed by atoms with Crippen molar-refractivity contribution in [3.63, 3.8) is 0 Å². The number of carbonyl (C=O) groups excluding carboxylic acids is 2. The second-order valence-corrected chi connectivity index (χ2v) is 11.5. The Kier molecular flexibility index (Phi) is 11.8. The maximum Gasteiger partial charge on any atom is 0.242 e. The number of nitrogens with one attached hydrogen (secondary N) is 1. The highest BCUT2D eigenvalue weighted by Crippen LogP contribution is 2.30. The summed E-state index contributed by atoms with van der Waals surface area (Å²) in [7, 11) is -2.19. The molecule has 1 atom stereocenters. The van der Waals surface area contributed by atoms with Crippen LogP contribution in [-0.2, 0) is 26.2 Å². The third-order valence-electron chi connectivity index (χ3n) is 5.67. The van der Waals surface area contributed by atoms with Crippen LogP contribution in [0.2, 0.25) is 15.1 Å². The van der Waals surface area contributed by atoms with Crippen molar-refractivity contribution < 1.29 is 22.7 Å². The quantitative estimate of drug-likeness (QED) is 0.347. The molecule has 0 aliphatic heterocycles. The number of rotatable bonds is 13. The fraction of sp³-hybridized carbons (Fsp3) is 0.440. The molecule has 8 nitrogen and oxygen atoms in total. The van der Waals surface area contributed by atoms with Gasteiger partial charge in [0.15, 0.2) is 0 Å². The average molecular weight is 593 g/mol. The first kappa shape index (κ1) is 31.0. The van der Waals surface area contributed by atoms with Crippen molar-refractivity contribution in [1.82, 2.24) is 10.2 Å². The second kappa shape index (κ2) is 14.1. The summed E-state index contributed by atoms with van der Waals surface area (Å²) in [4.78, 5) is 27.7. The van der Waals surface area contributed by atoms with Crippen molar-refractivity contribution in [1.29, 1.82) is 0 Å². The largest absolute Gasteiger partial charge is 0.495 e. The van der Waals surface area contributed by atoms with Gasteiger partial charge in [0.1, 0.15) is 11.8 Å². The highest BCUT2D eigenvalue weighted by atomic mass is 35.5. The van der Waals surface area contributed by atoms with Crippen LogP contribution in [0.1, 0.15) is 38.7 Å². The van der Waals surface area contributed by atoms with Crippen LogP contribution >= 0.6 is 34.8 Å². The molecule has 2 rings (SSSR count). The Morgan fingerprint density at radius 2 is 1.76 bits per heavy atom. The van der Waals surface area contributed by atoms with Crippen LogP contribution in [-0.4, -0.2) is 57.6 Å². The van der Waals surface area contributed by atoms with Gasteiger partial charge in [-0.2, -0.15) is 0 Å². The van der Waals surface area contributed by atoms with Gasteiger partial charge in [-0.05, 0) is 55.7 Å². The Labute approximate surface area is 233 Å². The fourth-order valence-electron chi connectivity index (χ4n) is 3.86. The predicted octanol–water partition coefficient (Wildman–Crippen LogP) is 5.15. The van der Waals surface area contributed by atoms with Gasteiger partial charge in [-0.3, -0.25) is 13.9 Å². The average Bonchev–Trinajstić information content (AvgIpc) is 2.82. The number of hydrogen-bond acceptors (Lipinski definition) is 5. The SMILES string of the molecule is CCNC(=O)[C@H](CC)N(Cc1ccc(Cl)cc1Cl)C(=O)CCCN(c1ccc(OC)c(Cl)c1)S(C)(=O)=O. The third-order valence-corrected chi connectivity index (χ3v) is 7.74. The number of nitrogens with zero attached hydrogens (tertiary/aromatic N) is 2. The molecule has 2 aromatic rings. The van der Waals surface area contributed by atoms with Crippen LogP contribution in [0.3, 0.4) is 0 Å². The minimum absolute atomic E-state index is 0.0109. The monoisotopic (exact) mass is 591 g/mol. The molecule has 0 radical (unpaired) electrons. The molecule has 0 heterocycles. The van der Waals surface area contributed by atoms with Gasteiger partial charge in [0.25, 0.3) is 0 Å². The normalized spacial score (nSPS) is 12.1. The molecule has 12 heteroatoms.